The number of rotatable bonds is 4. The van der Waals surface area contributed by atoms with Gasteiger partial charge in [-0.1, -0.05) is 19.9 Å². The van der Waals surface area contributed by atoms with Gasteiger partial charge in [-0.15, -0.1) is 0 Å². The molecule has 1 saturated carbocycles. The van der Waals surface area contributed by atoms with Crippen LogP contribution in [0.5, 0.6) is 0 Å². The van der Waals surface area contributed by atoms with Gasteiger partial charge in [0.05, 0.1) is 22.6 Å². The molecule has 0 amide bonds. The van der Waals surface area contributed by atoms with Gasteiger partial charge in [-0.05, 0) is 74.6 Å². The van der Waals surface area contributed by atoms with Crippen molar-refractivity contribution >= 4 is 39.3 Å². The molecule has 1 unspecified atom stereocenters. The third-order valence-electron chi connectivity index (χ3n) is 7.31. The third-order valence-corrected chi connectivity index (χ3v) is 8.18. The van der Waals surface area contributed by atoms with E-state index in [1.165, 1.54) is 26.8 Å². The summed E-state index contributed by atoms with van der Waals surface area (Å²) in [7, 11) is 1.51. The Morgan fingerprint density at radius 2 is 1.76 bits per heavy atom. The fourth-order valence-corrected chi connectivity index (χ4v) is 5.90. The normalized spacial score (nSPS) is 16.3. The molecule has 4 aromatic rings. The van der Waals surface area contributed by atoms with Crippen molar-refractivity contribution in [2.45, 2.75) is 53.0 Å². The summed E-state index contributed by atoms with van der Waals surface area (Å²) in [6, 6.07) is 9.62. The van der Waals surface area contributed by atoms with Crippen molar-refractivity contribution in [1.82, 2.24) is 18.4 Å². The lowest BCUT2D eigenvalue weighted by molar-refractivity contribution is 0.630. The molecule has 2 aliphatic rings. The Kier molecular flexibility index (Phi) is 7.71. The van der Waals surface area contributed by atoms with Gasteiger partial charge in [0.15, 0.2) is 11.2 Å². The maximum absolute atomic E-state index is 14.9. The van der Waals surface area contributed by atoms with Crippen molar-refractivity contribution in [1.29, 1.82) is 0 Å². The van der Waals surface area contributed by atoms with Gasteiger partial charge in [0.1, 0.15) is 17.0 Å². The number of hydrogen-bond acceptors (Lipinski definition) is 5. The molecule has 3 heterocycles. The van der Waals surface area contributed by atoms with E-state index in [-0.39, 0.29) is 34.0 Å². The maximum atomic E-state index is 14.9. The van der Waals surface area contributed by atoms with Crippen LogP contribution in [-0.4, -0.2) is 24.5 Å². The summed E-state index contributed by atoms with van der Waals surface area (Å²) in [4.78, 5) is 41.3. The Morgan fingerprint density at radius 1 is 1.02 bits per heavy atom. The Labute approximate surface area is 238 Å². The summed E-state index contributed by atoms with van der Waals surface area (Å²) in [5.74, 6) is -0.427. The van der Waals surface area contributed by atoms with Crippen molar-refractivity contribution in [3.8, 4) is 5.69 Å². The minimum Gasteiger partial charge on any atom is -0.338 e. The van der Waals surface area contributed by atoms with Crippen LogP contribution in [0.4, 0.5) is 21.6 Å². The van der Waals surface area contributed by atoms with E-state index < -0.39 is 33.8 Å². The molecule has 0 bridgehead atoms. The van der Waals surface area contributed by atoms with Crippen LogP contribution in [0.25, 0.3) is 16.6 Å². The zero-order chi connectivity index (χ0) is 29.6. The van der Waals surface area contributed by atoms with E-state index in [2.05, 4.69) is 14.8 Å². The summed E-state index contributed by atoms with van der Waals surface area (Å²) in [6.45, 7) is 7.81. The highest BCUT2D eigenvalue weighted by atomic mass is 32.2. The van der Waals surface area contributed by atoms with Gasteiger partial charge in [-0.2, -0.15) is 0 Å². The van der Waals surface area contributed by atoms with Crippen LogP contribution in [0, 0.1) is 19.7 Å². The molecular formula is C29H33FN6O4S. The largest absolute Gasteiger partial charge is 0.338 e. The SMILES string of the molecule is CC.Cc1ccc(Nc2c3c(=O)n(C4CC4)c(=O)n(-c4ccc5c(c4)CCNS(=O)N5)c3c(C)c(=O)n2C)c(F)c1. The second kappa shape index (κ2) is 11.1. The van der Waals surface area contributed by atoms with Crippen LogP contribution >= 0.6 is 0 Å². The summed E-state index contributed by atoms with van der Waals surface area (Å²) in [6.07, 6.45) is 1.93. The van der Waals surface area contributed by atoms with Gasteiger partial charge in [0, 0.05) is 25.2 Å². The lowest BCUT2D eigenvalue weighted by Crippen LogP contribution is -2.41. The molecule has 2 aromatic carbocycles. The van der Waals surface area contributed by atoms with E-state index >= 15 is 0 Å². The molecule has 3 N–H and O–H groups in total. The van der Waals surface area contributed by atoms with Crippen LogP contribution < -0.4 is 31.6 Å². The molecule has 6 rings (SSSR count). The molecule has 0 radical (unpaired) electrons. The predicted molar refractivity (Wildman–Crippen MR) is 161 cm³/mol. The standard InChI is InChI=1S/C27H27FN6O4S.C2H6/c1-14-4-8-21(19(28)12-14)30-24-22-23(15(2)25(35)32(24)3)33(27(37)34(26(22)36)17-5-6-17)18-7-9-20-16(13-18)10-11-29-39(38)31-20;1-2/h4,7-9,12-13,17,29-31H,5-6,10-11H2,1-3H3;1-2H3. The van der Waals surface area contributed by atoms with Crippen LogP contribution in [-0.2, 0) is 24.6 Å². The Balaban J connectivity index is 0.00000165. The number of fused-ring (bicyclic) bond motifs is 2. The van der Waals surface area contributed by atoms with Gasteiger partial charge in [0.25, 0.3) is 11.1 Å². The van der Waals surface area contributed by atoms with Crippen molar-refractivity contribution in [2.24, 2.45) is 7.05 Å². The van der Waals surface area contributed by atoms with Crippen LogP contribution in [0.2, 0.25) is 0 Å². The highest BCUT2D eigenvalue weighted by Crippen LogP contribution is 2.34. The molecule has 0 spiro atoms. The van der Waals surface area contributed by atoms with Gasteiger partial charge in [-0.25, -0.2) is 18.1 Å². The Morgan fingerprint density at radius 3 is 2.44 bits per heavy atom. The smallest absolute Gasteiger partial charge is 0.336 e. The summed E-state index contributed by atoms with van der Waals surface area (Å²) in [5, 5.41) is 3.10. The van der Waals surface area contributed by atoms with Crippen molar-refractivity contribution in [3.05, 3.63) is 90.1 Å². The lowest BCUT2D eigenvalue weighted by Gasteiger charge is -2.21. The third kappa shape index (κ3) is 5.02. The number of nitrogens with one attached hydrogen (secondary N) is 3. The fraction of sp³-hybridized carbons (Fsp3) is 0.345. The number of aryl methyl sites for hydroxylation is 2. The zero-order valence-corrected chi connectivity index (χ0v) is 24.4. The number of pyridine rings is 1. The summed E-state index contributed by atoms with van der Waals surface area (Å²) >= 11 is -1.43. The molecule has 2 aromatic heterocycles. The number of anilines is 3. The highest BCUT2D eigenvalue weighted by Gasteiger charge is 2.32. The molecule has 12 heteroatoms. The van der Waals surface area contributed by atoms with E-state index in [1.807, 2.05) is 13.8 Å². The van der Waals surface area contributed by atoms with Gasteiger partial charge in [0.2, 0.25) is 0 Å². The second-order valence-corrected chi connectivity index (χ2v) is 11.1. The first kappa shape index (κ1) is 28.5. The van der Waals surface area contributed by atoms with E-state index in [4.69, 9.17) is 0 Å². The molecule has 1 atom stereocenters. The lowest BCUT2D eigenvalue weighted by atomic mass is 10.1. The number of aromatic nitrogens is 3. The minimum absolute atomic E-state index is 0.104. The molecule has 1 aliphatic heterocycles. The number of nitrogens with zero attached hydrogens (tertiary/aromatic N) is 3. The van der Waals surface area contributed by atoms with E-state index in [0.717, 1.165) is 11.1 Å². The molecule has 41 heavy (non-hydrogen) atoms. The van der Waals surface area contributed by atoms with Crippen molar-refractivity contribution in [3.63, 3.8) is 0 Å². The molecule has 1 aliphatic carbocycles. The monoisotopic (exact) mass is 580 g/mol. The molecule has 0 saturated heterocycles. The minimum atomic E-state index is -1.43. The first-order chi connectivity index (χ1) is 19.7. The van der Waals surface area contributed by atoms with Crippen molar-refractivity contribution < 1.29 is 8.60 Å². The van der Waals surface area contributed by atoms with Gasteiger partial charge in [-0.3, -0.25) is 28.0 Å². The predicted octanol–water partition coefficient (Wildman–Crippen LogP) is 3.85. The highest BCUT2D eigenvalue weighted by molar-refractivity contribution is 7.84. The van der Waals surface area contributed by atoms with E-state index in [0.29, 0.717) is 37.2 Å². The molecule has 10 nitrogen and oxygen atoms in total. The average molecular weight is 581 g/mol. The van der Waals surface area contributed by atoms with Crippen LogP contribution in [0.1, 0.15) is 49.4 Å². The fourth-order valence-electron chi connectivity index (χ4n) is 5.14. The first-order valence-electron chi connectivity index (χ1n) is 13.6. The molecular weight excluding hydrogens is 547 g/mol. The van der Waals surface area contributed by atoms with Crippen LogP contribution in [0.15, 0.2) is 50.8 Å². The number of benzene rings is 2. The first-order valence-corrected chi connectivity index (χ1v) is 14.8. The Bertz CT molecular complexity index is 1890. The zero-order valence-electron chi connectivity index (χ0n) is 23.6. The summed E-state index contributed by atoms with van der Waals surface area (Å²) < 4.78 is 36.6. The topological polar surface area (TPSA) is 119 Å². The number of hydrogen-bond donors (Lipinski definition) is 3. The second-order valence-electron chi connectivity index (χ2n) is 10.1. The molecule has 216 valence electrons. The maximum Gasteiger partial charge on any atom is 0.336 e. The summed E-state index contributed by atoms with van der Waals surface area (Å²) in [5.41, 5.74) is 1.69. The van der Waals surface area contributed by atoms with Crippen molar-refractivity contribution in [2.75, 3.05) is 16.6 Å². The van der Waals surface area contributed by atoms with Gasteiger partial charge < -0.3 is 5.32 Å². The Hall–Kier alpha value is -4.03. The van der Waals surface area contributed by atoms with Gasteiger partial charge >= 0.3 is 5.69 Å². The number of halogens is 1. The quantitative estimate of drug-likeness (QED) is 0.339. The average Bonchev–Trinajstić information content (AvgIpc) is 3.79. The molecule has 1 fully saturated rings. The van der Waals surface area contributed by atoms with E-state index in [1.54, 1.807) is 44.2 Å². The van der Waals surface area contributed by atoms with Crippen LogP contribution in [0.3, 0.4) is 0 Å². The van der Waals surface area contributed by atoms with E-state index in [9.17, 15) is 23.0 Å².